The van der Waals surface area contributed by atoms with Crippen molar-refractivity contribution in [2.75, 3.05) is 45.9 Å². The molecule has 3 rings (SSSR count). The number of halogens is 1. The van der Waals surface area contributed by atoms with Gasteiger partial charge in [-0.25, -0.2) is 0 Å². The summed E-state index contributed by atoms with van der Waals surface area (Å²) in [7, 11) is 0. The average molecular weight is 396 g/mol. The van der Waals surface area contributed by atoms with Crippen LogP contribution >= 0.6 is 11.6 Å². The summed E-state index contributed by atoms with van der Waals surface area (Å²) in [5.74, 6) is -0.552. The number of carbonyl (C=O) groups is 2. The lowest BCUT2D eigenvalue weighted by Crippen LogP contribution is -2.52. The summed E-state index contributed by atoms with van der Waals surface area (Å²) in [5, 5.41) is 13.8. The van der Waals surface area contributed by atoms with E-state index < -0.39 is 18.2 Å². The number of carbonyl (C=O) groups excluding carboxylic acids is 2. The Kier molecular flexibility index (Phi) is 7.20. The number of hydrogen-bond acceptors (Lipinski definition) is 6. The number of amides is 1. The Bertz CT molecular complexity index is 649. The minimum absolute atomic E-state index is 0.0932. The molecule has 1 aromatic rings. The van der Waals surface area contributed by atoms with E-state index >= 15 is 0 Å². The van der Waals surface area contributed by atoms with Gasteiger partial charge in [0.15, 0.2) is 12.0 Å². The number of aliphatic hydroxyl groups is 1. The van der Waals surface area contributed by atoms with Gasteiger partial charge in [0, 0.05) is 43.3 Å². The predicted octanol–water partition coefficient (Wildman–Crippen LogP) is 0.754. The number of nitrogens with one attached hydrogen (secondary N) is 1. The van der Waals surface area contributed by atoms with Crippen molar-refractivity contribution >= 4 is 23.3 Å². The first kappa shape index (κ1) is 20.2. The summed E-state index contributed by atoms with van der Waals surface area (Å²) in [6.45, 7) is 4.80. The SMILES string of the molecule is O=C(NCCN1CCOCC1)C(O)N1CCCC1C(=O)c1ccc(Cl)cc1. The Morgan fingerprint density at radius 3 is 2.63 bits per heavy atom. The largest absolute Gasteiger partial charge is 0.379 e. The Labute approximate surface area is 164 Å². The molecule has 2 aliphatic heterocycles. The number of morpholine rings is 1. The Morgan fingerprint density at radius 1 is 1.22 bits per heavy atom. The quantitative estimate of drug-likeness (QED) is 0.663. The molecule has 2 aliphatic rings. The van der Waals surface area contributed by atoms with Gasteiger partial charge in [-0.2, -0.15) is 0 Å². The van der Waals surface area contributed by atoms with E-state index in [1.807, 2.05) is 0 Å². The number of Topliss-reactive ketones (excluding diaryl/α,β-unsaturated/α-hetero) is 1. The molecule has 2 heterocycles. The highest BCUT2D eigenvalue weighted by Gasteiger charge is 2.37. The number of rotatable bonds is 7. The zero-order valence-corrected chi connectivity index (χ0v) is 16.0. The van der Waals surface area contributed by atoms with E-state index in [2.05, 4.69) is 10.2 Å². The van der Waals surface area contributed by atoms with E-state index in [0.29, 0.717) is 43.3 Å². The normalized spacial score (nSPS) is 22.5. The number of nitrogens with zero attached hydrogens (tertiary/aromatic N) is 2. The van der Waals surface area contributed by atoms with Crippen LogP contribution in [0.3, 0.4) is 0 Å². The molecular formula is C19H26ClN3O4. The molecule has 0 spiro atoms. The van der Waals surface area contributed by atoms with Crippen LogP contribution in [0.4, 0.5) is 0 Å². The molecule has 0 bridgehead atoms. The summed E-state index contributed by atoms with van der Waals surface area (Å²) < 4.78 is 5.30. The second-order valence-electron chi connectivity index (χ2n) is 6.89. The first-order valence-corrected chi connectivity index (χ1v) is 9.75. The third-order valence-corrected chi connectivity index (χ3v) is 5.36. The first-order chi connectivity index (χ1) is 13.1. The summed E-state index contributed by atoms with van der Waals surface area (Å²) in [5.41, 5.74) is 0.538. The molecule has 0 saturated carbocycles. The summed E-state index contributed by atoms with van der Waals surface area (Å²) in [6, 6.07) is 6.20. The predicted molar refractivity (Wildman–Crippen MR) is 102 cm³/mol. The molecule has 2 unspecified atom stereocenters. The van der Waals surface area contributed by atoms with Gasteiger partial charge in [0.05, 0.1) is 19.3 Å². The van der Waals surface area contributed by atoms with Crippen molar-refractivity contribution in [2.45, 2.75) is 25.1 Å². The molecule has 2 atom stereocenters. The maximum absolute atomic E-state index is 12.8. The van der Waals surface area contributed by atoms with Crippen molar-refractivity contribution in [1.82, 2.24) is 15.1 Å². The zero-order valence-electron chi connectivity index (χ0n) is 15.3. The minimum Gasteiger partial charge on any atom is -0.379 e. The second-order valence-corrected chi connectivity index (χ2v) is 7.32. The highest BCUT2D eigenvalue weighted by molar-refractivity contribution is 6.30. The van der Waals surface area contributed by atoms with Crippen LogP contribution in [0.15, 0.2) is 24.3 Å². The van der Waals surface area contributed by atoms with Gasteiger partial charge in [-0.3, -0.25) is 19.4 Å². The fourth-order valence-corrected chi connectivity index (χ4v) is 3.70. The molecule has 27 heavy (non-hydrogen) atoms. The van der Waals surface area contributed by atoms with Gasteiger partial charge in [-0.1, -0.05) is 11.6 Å². The lowest BCUT2D eigenvalue weighted by molar-refractivity contribution is -0.139. The summed E-state index contributed by atoms with van der Waals surface area (Å²) in [4.78, 5) is 28.9. The molecule has 1 aromatic carbocycles. The number of likely N-dealkylation sites (tertiary alicyclic amines) is 1. The first-order valence-electron chi connectivity index (χ1n) is 9.37. The standard InChI is InChI=1S/C19H26ClN3O4/c20-15-5-3-14(4-6-15)17(24)16-2-1-8-23(16)19(26)18(25)21-7-9-22-10-12-27-13-11-22/h3-6,16,19,26H,1-2,7-13H2,(H,21,25). The van der Waals surface area contributed by atoms with Crippen molar-refractivity contribution in [1.29, 1.82) is 0 Å². The van der Waals surface area contributed by atoms with Crippen molar-refractivity contribution < 1.29 is 19.4 Å². The van der Waals surface area contributed by atoms with Crippen molar-refractivity contribution in [3.8, 4) is 0 Å². The van der Waals surface area contributed by atoms with Gasteiger partial charge in [-0.05, 0) is 37.1 Å². The fourth-order valence-electron chi connectivity index (χ4n) is 3.57. The van der Waals surface area contributed by atoms with Crippen molar-refractivity contribution in [3.63, 3.8) is 0 Å². The summed E-state index contributed by atoms with van der Waals surface area (Å²) in [6.07, 6.45) is 0.0697. The highest BCUT2D eigenvalue weighted by Crippen LogP contribution is 2.23. The van der Waals surface area contributed by atoms with Gasteiger partial charge in [0.2, 0.25) is 0 Å². The molecule has 0 radical (unpaired) electrons. The molecule has 2 fully saturated rings. The molecule has 0 aliphatic carbocycles. The smallest absolute Gasteiger partial charge is 0.264 e. The number of aliphatic hydroxyl groups excluding tert-OH is 1. The maximum Gasteiger partial charge on any atom is 0.264 e. The van der Waals surface area contributed by atoms with Gasteiger partial charge in [0.25, 0.3) is 5.91 Å². The number of hydrogen-bond donors (Lipinski definition) is 2. The van der Waals surface area contributed by atoms with Crippen molar-refractivity contribution in [3.05, 3.63) is 34.9 Å². The average Bonchev–Trinajstić information content (AvgIpc) is 3.18. The number of ketones is 1. The van der Waals surface area contributed by atoms with E-state index in [-0.39, 0.29) is 5.78 Å². The van der Waals surface area contributed by atoms with Gasteiger partial charge in [0.1, 0.15) is 0 Å². The van der Waals surface area contributed by atoms with E-state index in [9.17, 15) is 14.7 Å². The topological polar surface area (TPSA) is 82.1 Å². The molecule has 0 aromatic heterocycles. The van der Waals surface area contributed by atoms with Crippen LogP contribution in [0.2, 0.25) is 5.02 Å². The van der Waals surface area contributed by atoms with Crippen LogP contribution in [0.5, 0.6) is 0 Å². The van der Waals surface area contributed by atoms with E-state index in [1.165, 1.54) is 0 Å². The molecule has 148 valence electrons. The van der Waals surface area contributed by atoms with Crippen LogP contribution in [0, 0.1) is 0 Å². The van der Waals surface area contributed by atoms with E-state index in [4.69, 9.17) is 16.3 Å². The summed E-state index contributed by atoms with van der Waals surface area (Å²) >= 11 is 5.88. The van der Waals surface area contributed by atoms with Crippen molar-refractivity contribution in [2.24, 2.45) is 0 Å². The molecule has 1 amide bonds. The molecule has 7 nitrogen and oxygen atoms in total. The van der Waals surface area contributed by atoms with E-state index in [0.717, 1.165) is 26.1 Å². The second kappa shape index (κ2) is 9.61. The third kappa shape index (κ3) is 5.27. The molecular weight excluding hydrogens is 370 g/mol. The Morgan fingerprint density at radius 2 is 1.93 bits per heavy atom. The number of benzene rings is 1. The molecule has 2 saturated heterocycles. The fraction of sp³-hybridized carbons (Fsp3) is 0.579. The van der Waals surface area contributed by atoms with Gasteiger partial charge >= 0.3 is 0 Å². The molecule has 2 N–H and O–H groups in total. The Balaban J connectivity index is 1.52. The van der Waals surface area contributed by atoms with Crippen LogP contribution in [-0.2, 0) is 9.53 Å². The lowest BCUT2D eigenvalue weighted by atomic mass is 10.0. The monoisotopic (exact) mass is 395 g/mol. The lowest BCUT2D eigenvalue weighted by Gasteiger charge is -2.29. The van der Waals surface area contributed by atoms with Gasteiger partial charge < -0.3 is 15.2 Å². The van der Waals surface area contributed by atoms with Crippen LogP contribution in [0.1, 0.15) is 23.2 Å². The minimum atomic E-state index is -1.32. The molecule has 8 heteroatoms. The third-order valence-electron chi connectivity index (χ3n) is 5.11. The maximum atomic E-state index is 12.8. The number of ether oxygens (including phenoxy) is 1. The van der Waals surface area contributed by atoms with Crippen LogP contribution in [-0.4, -0.2) is 84.8 Å². The van der Waals surface area contributed by atoms with Crippen LogP contribution in [0.25, 0.3) is 0 Å². The van der Waals surface area contributed by atoms with Gasteiger partial charge in [-0.15, -0.1) is 0 Å². The van der Waals surface area contributed by atoms with Crippen LogP contribution < -0.4 is 5.32 Å². The van der Waals surface area contributed by atoms with E-state index in [1.54, 1.807) is 29.2 Å². The Hall–Kier alpha value is -1.51. The zero-order chi connectivity index (χ0) is 19.2. The highest BCUT2D eigenvalue weighted by atomic mass is 35.5.